The van der Waals surface area contributed by atoms with Crippen molar-refractivity contribution < 1.29 is 33.1 Å². The van der Waals surface area contributed by atoms with E-state index in [9.17, 15) is 19.1 Å². The first-order valence-corrected chi connectivity index (χ1v) is 13.7. The van der Waals surface area contributed by atoms with Crippen LogP contribution in [-0.4, -0.2) is 54.1 Å². The zero-order chi connectivity index (χ0) is 27.1. The molecule has 0 bridgehead atoms. The largest absolute Gasteiger partial charge is 0.461 e. The molecule has 1 saturated heterocycles. The van der Waals surface area contributed by atoms with E-state index in [4.69, 9.17) is 21.2 Å². The zero-order valence-corrected chi connectivity index (χ0v) is 22.2. The van der Waals surface area contributed by atoms with Crippen LogP contribution in [0.25, 0.3) is 0 Å². The number of fused-ring (bicyclic) bond motifs is 7. The average Bonchev–Trinajstić information content (AvgIpc) is 3.38. The number of alkyl halides is 2. The van der Waals surface area contributed by atoms with E-state index >= 15 is 4.39 Å². The van der Waals surface area contributed by atoms with Gasteiger partial charge in [0.1, 0.15) is 13.3 Å². The van der Waals surface area contributed by atoms with Crippen molar-refractivity contribution in [3.63, 3.8) is 0 Å². The lowest BCUT2D eigenvalue weighted by molar-refractivity contribution is -0.232. The predicted molar refractivity (Wildman–Crippen MR) is 137 cm³/mol. The molecule has 6 nitrogen and oxygen atoms in total. The Kier molecular flexibility index (Phi) is 5.88. The van der Waals surface area contributed by atoms with Crippen LogP contribution < -0.4 is 5.06 Å². The molecule has 9 heteroatoms. The van der Waals surface area contributed by atoms with Crippen LogP contribution in [-0.2, 0) is 19.2 Å². The molecule has 1 aliphatic heterocycles. The third-order valence-corrected chi connectivity index (χ3v) is 10.6. The van der Waals surface area contributed by atoms with Gasteiger partial charge in [-0.3, -0.25) is 14.7 Å². The molecule has 6 rings (SSSR count). The topological polar surface area (TPSA) is 76.1 Å². The lowest BCUT2D eigenvalue weighted by Crippen LogP contribution is -2.69. The molecule has 38 heavy (non-hydrogen) atoms. The number of carbonyl (C=O) groups is 2. The summed E-state index contributed by atoms with van der Waals surface area (Å²) in [4.78, 5) is 32.4. The first-order valence-electron chi connectivity index (χ1n) is 13.3. The van der Waals surface area contributed by atoms with Crippen molar-refractivity contribution in [3.8, 4) is 0 Å². The minimum atomic E-state index is -2.02. The molecular formula is C29H32ClF2NO5. The summed E-state index contributed by atoms with van der Waals surface area (Å²) in [7, 11) is 0. The highest BCUT2D eigenvalue weighted by Crippen LogP contribution is 2.72. The van der Waals surface area contributed by atoms with E-state index in [2.05, 4.69) is 0 Å². The van der Waals surface area contributed by atoms with Crippen molar-refractivity contribution in [1.29, 1.82) is 0 Å². The van der Waals surface area contributed by atoms with Crippen molar-refractivity contribution in [2.45, 2.75) is 56.9 Å². The summed E-state index contributed by atoms with van der Waals surface area (Å²) >= 11 is 6.06. The number of halogens is 3. The van der Waals surface area contributed by atoms with E-state index in [0.29, 0.717) is 42.1 Å². The van der Waals surface area contributed by atoms with Crippen LogP contribution in [0.5, 0.6) is 0 Å². The Balaban J connectivity index is 1.42. The summed E-state index contributed by atoms with van der Waals surface area (Å²) in [6.45, 7) is 2.78. The third kappa shape index (κ3) is 3.17. The van der Waals surface area contributed by atoms with Crippen molar-refractivity contribution >= 4 is 29.0 Å². The monoisotopic (exact) mass is 547 g/mol. The second-order valence-corrected chi connectivity index (χ2v) is 12.3. The van der Waals surface area contributed by atoms with Crippen LogP contribution in [0.1, 0.15) is 39.5 Å². The quantitative estimate of drug-likeness (QED) is 0.538. The van der Waals surface area contributed by atoms with Crippen LogP contribution in [0, 0.1) is 28.6 Å². The van der Waals surface area contributed by atoms with E-state index in [0.717, 1.165) is 0 Å². The third-order valence-electron chi connectivity index (χ3n) is 10.4. The summed E-state index contributed by atoms with van der Waals surface area (Å²) in [6, 6.07) is 7.04. The lowest BCUT2D eigenvalue weighted by atomic mass is 9.45. The van der Waals surface area contributed by atoms with Gasteiger partial charge < -0.3 is 9.84 Å². The molecule has 4 fully saturated rings. The molecule has 3 saturated carbocycles. The summed E-state index contributed by atoms with van der Waals surface area (Å²) in [6.07, 6.45) is 4.52. The molecule has 0 spiro atoms. The van der Waals surface area contributed by atoms with Crippen molar-refractivity contribution in [1.82, 2.24) is 0 Å². The van der Waals surface area contributed by atoms with Gasteiger partial charge in [0.15, 0.2) is 11.5 Å². The number of hydroxylamine groups is 1. The Hall–Kier alpha value is -2.29. The Morgan fingerprint density at radius 1 is 1.26 bits per heavy atom. The summed E-state index contributed by atoms with van der Waals surface area (Å²) < 4.78 is 35.9. The normalized spacial score (nSPS) is 43.2. The second-order valence-electron chi connectivity index (χ2n) is 11.9. The molecule has 5 aliphatic rings. The minimum Gasteiger partial charge on any atom is -0.461 e. The molecule has 0 radical (unpaired) electrons. The number of ether oxygens (including phenoxy) is 1. The van der Waals surface area contributed by atoms with Gasteiger partial charge in [0.25, 0.3) is 0 Å². The van der Waals surface area contributed by atoms with Crippen molar-refractivity contribution in [2.24, 2.45) is 28.6 Å². The fourth-order valence-corrected chi connectivity index (χ4v) is 8.72. The molecule has 8 atom stereocenters. The number of esters is 1. The smallest absolute Gasteiger partial charge is 0.342 e. The standard InChI is InChI=1S/C29H32ClF2NO5/c1-26-10-9-21(34)13-17(26)3-8-22-23-14-18-16-33(20-6-4-19(30)5-7-20)38-29(18,25(36)37-12-11-31)27(23,2)15-24(35)28(22,26)32/h4-7,9-10,13,18,22-24,35H,3,8,11-12,14-16H2,1-2H3/t18-,22-,23-,24-,26-,27-,28-,29-/m0/s1. The highest BCUT2D eigenvalue weighted by atomic mass is 35.5. The Bertz CT molecular complexity index is 1240. The number of nitrogens with zero attached hydrogens (tertiary/aromatic N) is 1. The molecule has 0 amide bonds. The van der Waals surface area contributed by atoms with Crippen molar-refractivity contribution in [3.05, 3.63) is 53.1 Å². The molecule has 1 heterocycles. The number of ketones is 1. The van der Waals surface area contributed by atoms with Crippen LogP contribution in [0.4, 0.5) is 14.5 Å². The number of aliphatic hydroxyl groups excluding tert-OH is 1. The second kappa shape index (κ2) is 8.60. The molecule has 1 aromatic carbocycles. The maximum absolute atomic E-state index is 17.5. The van der Waals surface area contributed by atoms with Gasteiger partial charge in [0.05, 0.1) is 18.3 Å². The number of aliphatic hydroxyl groups is 1. The van der Waals surface area contributed by atoms with Crippen LogP contribution in [0.3, 0.4) is 0 Å². The molecule has 0 unspecified atom stereocenters. The van der Waals surface area contributed by atoms with Crippen LogP contribution >= 0.6 is 11.6 Å². The molecule has 1 N–H and O–H groups in total. The number of anilines is 1. The minimum absolute atomic E-state index is 0.0367. The predicted octanol–water partition coefficient (Wildman–Crippen LogP) is 4.94. The molecule has 204 valence electrons. The number of rotatable bonds is 4. The van der Waals surface area contributed by atoms with Gasteiger partial charge in [-0.2, -0.15) is 0 Å². The number of carbonyl (C=O) groups excluding carboxylic acids is 2. The van der Waals surface area contributed by atoms with E-state index in [-0.39, 0.29) is 24.0 Å². The van der Waals surface area contributed by atoms with E-state index in [1.807, 2.05) is 6.92 Å². The van der Waals surface area contributed by atoms with Gasteiger partial charge in [-0.25, -0.2) is 13.6 Å². The highest BCUT2D eigenvalue weighted by molar-refractivity contribution is 6.30. The molecule has 1 aromatic rings. The van der Waals surface area contributed by atoms with Crippen LogP contribution in [0.2, 0.25) is 5.02 Å². The van der Waals surface area contributed by atoms with Gasteiger partial charge >= 0.3 is 5.97 Å². The Labute approximate surface area is 225 Å². The number of allylic oxidation sites excluding steroid dienone is 4. The Morgan fingerprint density at radius 2 is 2.00 bits per heavy atom. The van der Waals surface area contributed by atoms with Gasteiger partial charge in [-0.1, -0.05) is 30.2 Å². The summed E-state index contributed by atoms with van der Waals surface area (Å²) in [5.41, 5.74) is -4.22. The SMILES string of the molecule is C[C@]12C=CC(=O)C=C1CC[C@H]1[C@@H]3C[C@H]4CN(c5ccc(Cl)cc5)O[C@@]4(C(=O)OCCF)[C@@]3(C)C[C@H](O)[C@@]12F. The molecular weight excluding hydrogens is 516 g/mol. The van der Waals surface area contributed by atoms with Gasteiger partial charge in [0, 0.05) is 27.7 Å². The zero-order valence-electron chi connectivity index (χ0n) is 21.5. The van der Waals surface area contributed by atoms with Crippen LogP contribution in [0.15, 0.2) is 48.1 Å². The number of benzene rings is 1. The average molecular weight is 548 g/mol. The van der Waals surface area contributed by atoms with Crippen molar-refractivity contribution in [2.75, 3.05) is 24.9 Å². The number of hydrogen-bond donors (Lipinski definition) is 1. The van der Waals surface area contributed by atoms with Gasteiger partial charge in [-0.05, 0) is 74.9 Å². The summed E-state index contributed by atoms with van der Waals surface area (Å²) in [5, 5.41) is 13.8. The number of hydrogen-bond acceptors (Lipinski definition) is 6. The van der Waals surface area contributed by atoms with E-state index in [1.54, 1.807) is 42.3 Å². The summed E-state index contributed by atoms with van der Waals surface area (Å²) in [5.74, 6) is -2.07. The molecule has 4 aliphatic carbocycles. The maximum atomic E-state index is 17.5. The maximum Gasteiger partial charge on any atom is 0.342 e. The fourth-order valence-electron chi connectivity index (χ4n) is 8.59. The molecule has 0 aromatic heterocycles. The first-order chi connectivity index (χ1) is 18.0. The van der Waals surface area contributed by atoms with Gasteiger partial charge in [-0.15, -0.1) is 0 Å². The highest BCUT2D eigenvalue weighted by Gasteiger charge is 2.79. The first kappa shape index (κ1) is 26.0. The lowest BCUT2D eigenvalue weighted by Gasteiger charge is -2.62. The fraction of sp³-hybridized carbons (Fsp3) is 0.586. The van der Waals surface area contributed by atoms with E-state index < -0.39 is 53.4 Å². The Morgan fingerprint density at radius 3 is 2.71 bits per heavy atom. The van der Waals surface area contributed by atoms with Gasteiger partial charge in [0.2, 0.25) is 5.60 Å². The van der Waals surface area contributed by atoms with E-state index in [1.165, 1.54) is 12.2 Å².